The smallest absolute Gasteiger partial charge is 0.253 e. The van der Waals surface area contributed by atoms with E-state index in [9.17, 15) is 9.59 Å². The van der Waals surface area contributed by atoms with Gasteiger partial charge in [0.1, 0.15) is 0 Å². The van der Waals surface area contributed by atoms with E-state index in [0.717, 1.165) is 18.5 Å². The zero-order chi connectivity index (χ0) is 19.5. The third kappa shape index (κ3) is 3.85. The lowest BCUT2D eigenvalue weighted by atomic mass is 9.89. The van der Waals surface area contributed by atoms with E-state index in [1.807, 2.05) is 35.0 Å². The quantitative estimate of drug-likeness (QED) is 0.622. The maximum absolute atomic E-state index is 12.9. The molecule has 1 saturated heterocycles. The largest absolute Gasteiger partial charge is 0.338 e. The standard InChI is InChI=1S/C22H20ClN3O2/c23-19-7-3-16(4-8-19)21(27)18-2-1-12-25(14-18)22(28)17-5-9-20(10-6-17)26-13-11-24-15-26/h3-11,13,15,18H,1-2,12,14H2/t18-/m0/s1. The molecule has 0 radical (unpaired) electrons. The lowest BCUT2D eigenvalue weighted by Crippen LogP contribution is -2.42. The number of hydrogen-bond donors (Lipinski definition) is 0. The zero-order valence-electron chi connectivity index (χ0n) is 15.3. The molecule has 1 aliphatic rings. The number of amides is 1. The van der Waals surface area contributed by atoms with Crippen molar-refractivity contribution >= 4 is 23.3 Å². The van der Waals surface area contributed by atoms with Gasteiger partial charge in [0.15, 0.2) is 5.78 Å². The first kappa shape index (κ1) is 18.4. The number of hydrogen-bond acceptors (Lipinski definition) is 3. The Balaban J connectivity index is 1.46. The predicted molar refractivity (Wildman–Crippen MR) is 108 cm³/mol. The van der Waals surface area contributed by atoms with Crippen LogP contribution < -0.4 is 0 Å². The summed E-state index contributed by atoms with van der Waals surface area (Å²) in [5.74, 6) is -0.139. The normalized spacial score (nSPS) is 16.8. The van der Waals surface area contributed by atoms with Crippen LogP contribution in [0.3, 0.4) is 0 Å². The van der Waals surface area contributed by atoms with Crippen LogP contribution in [0.15, 0.2) is 67.3 Å². The first-order chi connectivity index (χ1) is 13.6. The number of imidazole rings is 1. The highest BCUT2D eigenvalue weighted by molar-refractivity contribution is 6.30. The first-order valence-corrected chi connectivity index (χ1v) is 9.67. The van der Waals surface area contributed by atoms with Crippen molar-refractivity contribution in [2.75, 3.05) is 13.1 Å². The van der Waals surface area contributed by atoms with E-state index in [2.05, 4.69) is 4.98 Å². The van der Waals surface area contributed by atoms with Gasteiger partial charge in [0, 0.05) is 53.2 Å². The van der Waals surface area contributed by atoms with Crippen molar-refractivity contribution in [1.29, 1.82) is 0 Å². The highest BCUT2D eigenvalue weighted by Crippen LogP contribution is 2.23. The highest BCUT2D eigenvalue weighted by Gasteiger charge is 2.29. The monoisotopic (exact) mass is 393 g/mol. The lowest BCUT2D eigenvalue weighted by molar-refractivity contribution is 0.0637. The molecule has 0 unspecified atom stereocenters. The van der Waals surface area contributed by atoms with Crippen molar-refractivity contribution in [2.24, 2.45) is 5.92 Å². The number of Topliss-reactive ketones (excluding diaryl/α,β-unsaturated/α-hetero) is 1. The summed E-state index contributed by atoms with van der Waals surface area (Å²) in [7, 11) is 0. The number of nitrogens with zero attached hydrogens (tertiary/aromatic N) is 3. The molecule has 4 rings (SSSR count). The maximum atomic E-state index is 12.9. The van der Waals surface area contributed by atoms with Gasteiger partial charge in [-0.2, -0.15) is 0 Å². The topological polar surface area (TPSA) is 55.2 Å². The molecule has 1 amide bonds. The van der Waals surface area contributed by atoms with Gasteiger partial charge in [0.25, 0.3) is 5.91 Å². The van der Waals surface area contributed by atoms with Gasteiger partial charge in [-0.15, -0.1) is 0 Å². The zero-order valence-corrected chi connectivity index (χ0v) is 16.0. The summed E-state index contributed by atoms with van der Waals surface area (Å²) in [4.78, 5) is 31.5. The van der Waals surface area contributed by atoms with Crippen LogP contribution in [-0.2, 0) is 0 Å². The van der Waals surface area contributed by atoms with Crippen LogP contribution >= 0.6 is 11.6 Å². The number of aromatic nitrogens is 2. The van der Waals surface area contributed by atoms with Crippen molar-refractivity contribution in [3.8, 4) is 5.69 Å². The van der Waals surface area contributed by atoms with Crippen molar-refractivity contribution in [2.45, 2.75) is 12.8 Å². The summed E-state index contributed by atoms with van der Waals surface area (Å²) in [5.41, 5.74) is 2.22. The summed E-state index contributed by atoms with van der Waals surface area (Å²) in [5, 5.41) is 0.608. The summed E-state index contributed by atoms with van der Waals surface area (Å²) in [6, 6.07) is 14.4. The molecule has 1 atom stereocenters. The van der Waals surface area contributed by atoms with Crippen molar-refractivity contribution in [3.63, 3.8) is 0 Å². The number of benzene rings is 2. The second-order valence-electron chi connectivity index (χ2n) is 6.98. The number of piperidine rings is 1. The molecule has 2 aromatic carbocycles. The molecule has 0 N–H and O–H groups in total. The Bertz CT molecular complexity index is 966. The van der Waals surface area contributed by atoms with Crippen LogP contribution in [0.4, 0.5) is 0 Å². The fourth-order valence-electron chi connectivity index (χ4n) is 3.60. The average Bonchev–Trinajstić information content (AvgIpc) is 3.28. The third-order valence-electron chi connectivity index (χ3n) is 5.12. The van der Waals surface area contributed by atoms with Crippen molar-refractivity contribution in [1.82, 2.24) is 14.5 Å². The van der Waals surface area contributed by atoms with Gasteiger partial charge in [-0.1, -0.05) is 11.6 Å². The molecule has 1 aliphatic heterocycles. The molecule has 0 aliphatic carbocycles. The van der Waals surface area contributed by atoms with Gasteiger partial charge in [0.05, 0.1) is 6.33 Å². The van der Waals surface area contributed by atoms with Crippen LogP contribution in [0.5, 0.6) is 0 Å². The van der Waals surface area contributed by atoms with E-state index >= 15 is 0 Å². The van der Waals surface area contributed by atoms with Crippen molar-refractivity contribution < 1.29 is 9.59 Å². The minimum Gasteiger partial charge on any atom is -0.338 e. The second kappa shape index (κ2) is 7.98. The van der Waals surface area contributed by atoms with Crippen LogP contribution in [0.25, 0.3) is 5.69 Å². The number of likely N-dealkylation sites (tertiary alicyclic amines) is 1. The SMILES string of the molecule is O=C(c1ccc(Cl)cc1)[C@H]1CCCN(C(=O)c2ccc(-n3ccnc3)cc2)C1. The van der Waals surface area contributed by atoms with E-state index in [0.29, 0.717) is 29.2 Å². The molecule has 1 fully saturated rings. The summed E-state index contributed by atoms with van der Waals surface area (Å²) in [6.45, 7) is 1.12. The molecule has 0 saturated carbocycles. The molecule has 1 aromatic heterocycles. The molecular formula is C22H20ClN3O2. The third-order valence-corrected chi connectivity index (χ3v) is 5.38. The van der Waals surface area contributed by atoms with Crippen LogP contribution in [0, 0.1) is 5.92 Å². The lowest BCUT2D eigenvalue weighted by Gasteiger charge is -2.32. The Labute approximate surface area is 168 Å². The summed E-state index contributed by atoms with van der Waals surface area (Å²) < 4.78 is 1.88. The Morgan fingerprint density at radius 1 is 1.00 bits per heavy atom. The maximum Gasteiger partial charge on any atom is 0.253 e. The summed E-state index contributed by atoms with van der Waals surface area (Å²) >= 11 is 5.91. The van der Waals surface area contributed by atoms with Gasteiger partial charge in [-0.3, -0.25) is 9.59 Å². The van der Waals surface area contributed by atoms with E-state index < -0.39 is 0 Å². The highest BCUT2D eigenvalue weighted by atomic mass is 35.5. The number of halogens is 1. The molecule has 2 heterocycles. The predicted octanol–water partition coefficient (Wildman–Crippen LogP) is 4.26. The van der Waals surface area contributed by atoms with Crippen LogP contribution in [0.1, 0.15) is 33.6 Å². The van der Waals surface area contributed by atoms with Gasteiger partial charge < -0.3 is 9.47 Å². The minimum atomic E-state index is -0.177. The van der Waals surface area contributed by atoms with Gasteiger partial charge in [0.2, 0.25) is 0 Å². The van der Waals surface area contributed by atoms with Crippen LogP contribution in [-0.4, -0.2) is 39.2 Å². The fraction of sp³-hybridized carbons (Fsp3) is 0.227. The van der Waals surface area contributed by atoms with Gasteiger partial charge in [-0.25, -0.2) is 4.98 Å². The van der Waals surface area contributed by atoms with E-state index in [4.69, 9.17) is 11.6 Å². The average molecular weight is 394 g/mol. The Hall–Kier alpha value is -2.92. The Morgan fingerprint density at radius 2 is 1.71 bits per heavy atom. The molecule has 6 heteroatoms. The number of rotatable bonds is 4. The van der Waals surface area contributed by atoms with Crippen molar-refractivity contribution in [3.05, 3.63) is 83.4 Å². The molecule has 28 heavy (non-hydrogen) atoms. The van der Waals surface area contributed by atoms with E-state index in [1.54, 1.807) is 41.7 Å². The Kier molecular flexibility index (Phi) is 5.26. The second-order valence-corrected chi connectivity index (χ2v) is 7.41. The molecule has 0 spiro atoms. The van der Waals surface area contributed by atoms with Gasteiger partial charge in [-0.05, 0) is 61.4 Å². The van der Waals surface area contributed by atoms with Crippen LogP contribution in [0.2, 0.25) is 5.02 Å². The van der Waals surface area contributed by atoms with E-state index in [1.165, 1.54) is 0 Å². The van der Waals surface area contributed by atoms with Gasteiger partial charge >= 0.3 is 0 Å². The molecule has 142 valence electrons. The number of carbonyl (C=O) groups is 2. The minimum absolute atomic E-state index is 0.0363. The molecular weight excluding hydrogens is 374 g/mol. The number of ketones is 1. The Morgan fingerprint density at radius 3 is 2.39 bits per heavy atom. The van der Waals surface area contributed by atoms with E-state index in [-0.39, 0.29) is 17.6 Å². The first-order valence-electron chi connectivity index (χ1n) is 9.29. The fourth-order valence-corrected chi connectivity index (χ4v) is 3.72. The molecule has 3 aromatic rings. The molecule has 5 nitrogen and oxygen atoms in total. The number of carbonyl (C=O) groups excluding carboxylic acids is 2. The molecule has 0 bridgehead atoms. The summed E-state index contributed by atoms with van der Waals surface area (Å²) in [6.07, 6.45) is 6.90.